The third kappa shape index (κ3) is 4.71. The highest BCUT2D eigenvalue weighted by molar-refractivity contribution is 5.87. The van der Waals surface area contributed by atoms with Crippen LogP contribution in [0.25, 0.3) is 0 Å². The average molecular weight is 351 g/mol. The minimum absolute atomic E-state index is 0.0913. The molecule has 0 aliphatic carbocycles. The fraction of sp³-hybridized carbons (Fsp3) is 0.409. The van der Waals surface area contributed by atoms with Gasteiger partial charge in [0.25, 0.3) is 0 Å². The van der Waals surface area contributed by atoms with Crippen molar-refractivity contribution in [1.29, 1.82) is 0 Å². The second-order valence-electron chi connectivity index (χ2n) is 7.39. The number of piperidine rings is 1. The fourth-order valence-electron chi connectivity index (χ4n) is 3.48. The molecule has 3 N–H and O–H groups in total. The molecule has 0 saturated carbocycles. The Morgan fingerprint density at radius 2 is 1.65 bits per heavy atom. The Kier molecular flexibility index (Phi) is 6.07. The summed E-state index contributed by atoms with van der Waals surface area (Å²) < 4.78 is 0. The zero-order valence-electron chi connectivity index (χ0n) is 15.5. The lowest BCUT2D eigenvalue weighted by Crippen LogP contribution is -2.54. The number of likely N-dealkylation sites (tertiary alicyclic amines) is 1. The predicted molar refractivity (Wildman–Crippen MR) is 106 cm³/mol. The molecule has 4 nitrogen and oxygen atoms in total. The summed E-state index contributed by atoms with van der Waals surface area (Å²) >= 11 is 0. The molecular formula is C22H29N3O. The maximum absolute atomic E-state index is 12.7. The smallest absolute Gasteiger partial charge is 0.244 e. The fourth-order valence-corrected chi connectivity index (χ4v) is 3.48. The summed E-state index contributed by atoms with van der Waals surface area (Å²) in [4.78, 5) is 15.2. The third-order valence-corrected chi connectivity index (χ3v) is 5.33. The Morgan fingerprint density at radius 1 is 1.08 bits per heavy atom. The van der Waals surface area contributed by atoms with Crippen molar-refractivity contribution in [2.75, 3.05) is 19.6 Å². The van der Waals surface area contributed by atoms with Crippen LogP contribution in [0.1, 0.15) is 30.9 Å². The van der Waals surface area contributed by atoms with Gasteiger partial charge in [0.15, 0.2) is 0 Å². The van der Waals surface area contributed by atoms with Crippen LogP contribution in [-0.2, 0) is 16.8 Å². The van der Waals surface area contributed by atoms with Gasteiger partial charge in [-0.3, -0.25) is 4.79 Å². The van der Waals surface area contributed by atoms with Crippen molar-refractivity contribution in [3.8, 4) is 0 Å². The van der Waals surface area contributed by atoms with Gasteiger partial charge in [0.05, 0.1) is 0 Å². The highest BCUT2D eigenvalue weighted by Crippen LogP contribution is 2.19. The number of rotatable bonds is 6. The van der Waals surface area contributed by atoms with Crippen molar-refractivity contribution in [3.63, 3.8) is 0 Å². The van der Waals surface area contributed by atoms with Gasteiger partial charge in [-0.05, 0) is 37.3 Å². The van der Waals surface area contributed by atoms with E-state index in [9.17, 15) is 4.79 Å². The van der Waals surface area contributed by atoms with Gasteiger partial charge in [-0.25, -0.2) is 0 Å². The van der Waals surface area contributed by atoms with Crippen LogP contribution in [0.5, 0.6) is 0 Å². The summed E-state index contributed by atoms with van der Waals surface area (Å²) in [6, 6.07) is 20.4. The zero-order chi connectivity index (χ0) is 18.4. The van der Waals surface area contributed by atoms with Crippen LogP contribution in [0.3, 0.4) is 0 Å². The lowest BCUT2D eigenvalue weighted by Gasteiger charge is -2.34. The first-order chi connectivity index (χ1) is 12.6. The van der Waals surface area contributed by atoms with Crippen LogP contribution in [0, 0.1) is 0 Å². The highest BCUT2D eigenvalue weighted by atomic mass is 16.2. The molecule has 2 aromatic rings. The first-order valence-corrected chi connectivity index (χ1v) is 9.47. The standard InChI is InChI=1S/C22H29N3O/c1-22(23,19-10-6-3-7-11-19)21(26)24-20-13-16-25(17-14-20)15-12-18-8-4-2-5-9-18/h2-11,20H,12-17,23H2,1H3,(H,24,26). The van der Waals surface area contributed by atoms with E-state index in [4.69, 9.17) is 5.73 Å². The van der Waals surface area contributed by atoms with E-state index >= 15 is 0 Å². The average Bonchev–Trinajstić information content (AvgIpc) is 2.69. The molecule has 4 heteroatoms. The normalized spacial score (nSPS) is 18.2. The van der Waals surface area contributed by atoms with Crippen LogP contribution in [0.4, 0.5) is 0 Å². The van der Waals surface area contributed by atoms with E-state index in [1.165, 1.54) is 5.56 Å². The van der Waals surface area contributed by atoms with E-state index in [1.54, 1.807) is 6.92 Å². The number of nitrogens with two attached hydrogens (primary N) is 1. The first-order valence-electron chi connectivity index (χ1n) is 9.47. The maximum Gasteiger partial charge on any atom is 0.244 e. The van der Waals surface area contributed by atoms with Gasteiger partial charge in [0.2, 0.25) is 5.91 Å². The molecule has 2 aromatic carbocycles. The lowest BCUT2D eigenvalue weighted by molar-refractivity contribution is -0.127. The molecule has 1 heterocycles. The van der Waals surface area contributed by atoms with E-state index < -0.39 is 5.54 Å². The molecule has 1 amide bonds. The first kappa shape index (κ1) is 18.6. The van der Waals surface area contributed by atoms with E-state index in [2.05, 4.69) is 40.5 Å². The Morgan fingerprint density at radius 3 is 2.27 bits per heavy atom. The molecule has 0 radical (unpaired) electrons. The van der Waals surface area contributed by atoms with Gasteiger partial charge in [0, 0.05) is 25.7 Å². The lowest BCUT2D eigenvalue weighted by atomic mass is 9.91. The third-order valence-electron chi connectivity index (χ3n) is 5.33. The summed E-state index contributed by atoms with van der Waals surface area (Å²) in [6.45, 7) is 4.89. The van der Waals surface area contributed by atoms with Gasteiger partial charge in [-0.2, -0.15) is 0 Å². The molecule has 1 saturated heterocycles. The largest absolute Gasteiger partial charge is 0.351 e. The summed E-state index contributed by atoms with van der Waals surface area (Å²) in [5.41, 5.74) is 7.55. The number of nitrogens with zero attached hydrogens (tertiary/aromatic N) is 1. The Bertz CT molecular complexity index is 692. The van der Waals surface area contributed by atoms with Gasteiger partial charge in [-0.15, -0.1) is 0 Å². The van der Waals surface area contributed by atoms with E-state index in [0.29, 0.717) is 0 Å². The topological polar surface area (TPSA) is 58.4 Å². The number of carbonyl (C=O) groups excluding carboxylic acids is 1. The number of amides is 1. The summed E-state index contributed by atoms with van der Waals surface area (Å²) in [6.07, 6.45) is 3.03. The maximum atomic E-state index is 12.7. The minimum atomic E-state index is -0.994. The Labute approximate surface area is 156 Å². The second kappa shape index (κ2) is 8.47. The van der Waals surface area contributed by atoms with Gasteiger partial charge in [0.1, 0.15) is 5.54 Å². The quantitative estimate of drug-likeness (QED) is 0.841. The van der Waals surface area contributed by atoms with E-state index in [0.717, 1.165) is 44.5 Å². The molecular weight excluding hydrogens is 322 g/mol. The number of hydrogen-bond acceptors (Lipinski definition) is 3. The summed E-state index contributed by atoms with van der Waals surface area (Å²) in [5, 5.41) is 3.16. The van der Waals surface area contributed by atoms with Gasteiger partial charge < -0.3 is 16.0 Å². The molecule has 26 heavy (non-hydrogen) atoms. The molecule has 1 aliphatic heterocycles. The molecule has 138 valence electrons. The number of benzene rings is 2. The molecule has 0 bridgehead atoms. The van der Waals surface area contributed by atoms with Crippen molar-refractivity contribution >= 4 is 5.91 Å². The predicted octanol–water partition coefficient (Wildman–Crippen LogP) is 2.68. The van der Waals surface area contributed by atoms with Crippen molar-refractivity contribution in [1.82, 2.24) is 10.2 Å². The van der Waals surface area contributed by atoms with E-state index in [-0.39, 0.29) is 11.9 Å². The van der Waals surface area contributed by atoms with Crippen molar-refractivity contribution in [2.24, 2.45) is 5.73 Å². The van der Waals surface area contributed by atoms with Crippen LogP contribution >= 0.6 is 0 Å². The monoisotopic (exact) mass is 351 g/mol. The SMILES string of the molecule is CC(N)(C(=O)NC1CCN(CCc2ccccc2)CC1)c1ccccc1. The molecule has 1 atom stereocenters. The number of nitrogens with one attached hydrogen (secondary N) is 1. The molecule has 1 unspecified atom stereocenters. The molecule has 0 spiro atoms. The highest BCUT2D eigenvalue weighted by Gasteiger charge is 2.32. The van der Waals surface area contributed by atoms with Gasteiger partial charge >= 0.3 is 0 Å². The number of hydrogen-bond donors (Lipinski definition) is 2. The van der Waals surface area contributed by atoms with Crippen LogP contribution in [0.2, 0.25) is 0 Å². The summed E-state index contributed by atoms with van der Waals surface area (Å²) in [7, 11) is 0. The second-order valence-corrected chi connectivity index (χ2v) is 7.39. The Hall–Kier alpha value is -2.17. The van der Waals surface area contributed by atoms with E-state index in [1.807, 2.05) is 30.3 Å². The van der Waals surface area contributed by atoms with Crippen LogP contribution in [0.15, 0.2) is 60.7 Å². The molecule has 1 fully saturated rings. The van der Waals surface area contributed by atoms with Gasteiger partial charge in [-0.1, -0.05) is 60.7 Å². The zero-order valence-corrected chi connectivity index (χ0v) is 15.5. The van der Waals surface area contributed by atoms with Crippen LogP contribution < -0.4 is 11.1 Å². The molecule has 3 rings (SSSR count). The van der Waals surface area contributed by atoms with Crippen LogP contribution in [-0.4, -0.2) is 36.5 Å². The minimum Gasteiger partial charge on any atom is -0.351 e. The number of carbonyl (C=O) groups is 1. The van der Waals surface area contributed by atoms with Crippen molar-refractivity contribution in [2.45, 2.75) is 37.8 Å². The Balaban J connectivity index is 1.45. The van der Waals surface area contributed by atoms with Crippen molar-refractivity contribution < 1.29 is 4.79 Å². The summed E-state index contributed by atoms with van der Waals surface area (Å²) in [5.74, 6) is -0.0913. The van der Waals surface area contributed by atoms with Crippen molar-refractivity contribution in [3.05, 3.63) is 71.8 Å². The molecule has 0 aromatic heterocycles. The molecule has 1 aliphatic rings.